The van der Waals surface area contributed by atoms with E-state index in [1.807, 2.05) is 56.3 Å². The summed E-state index contributed by atoms with van der Waals surface area (Å²) in [5.74, 6) is 0.176. The standard InChI is InChI=1S/C22H21N5OS/c1-15-10-12-18(13-11-15)27-22(24-25-26-27)29-14-21(28)23-16(2)19-9-5-7-17-6-3-4-8-20(17)19/h3-13,16H,14H2,1-2H3,(H,23,28). The van der Waals surface area contributed by atoms with Crippen molar-refractivity contribution in [1.29, 1.82) is 0 Å². The molecule has 0 fully saturated rings. The number of tetrazole rings is 1. The van der Waals surface area contributed by atoms with Gasteiger partial charge in [0.25, 0.3) is 0 Å². The molecule has 0 aliphatic heterocycles. The average molecular weight is 404 g/mol. The highest BCUT2D eigenvalue weighted by Gasteiger charge is 2.15. The van der Waals surface area contributed by atoms with Crippen molar-refractivity contribution in [2.24, 2.45) is 0 Å². The van der Waals surface area contributed by atoms with E-state index in [2.05, 4.69) is 45.1 Å². The summed E-state index contributed by atoms with van der Waals surface area (Å²) in [6, 6.07) is 22.2. The van der Waals surface area contributed by atoms with Crippen molar-refractivity contribution in [3.8, 4) is 5.69 Å². The van der Waals surface area contributed by atoms with Crippen molar-refractivity contribution in [1.82, 2.24) is 25.5 Å². The van der Waals surface area contributed by atoms with Gasteiger partial charge in [-0.1, -0.05) is 71.9 Å². The summed E-state index contributed by atoms with van der Waals surface area (Å²) < 4.78 is 1.64. The molecule has 4 aromatic rings. The van der Waals surface area contributed by atoms with E-state index in [-0.39, 0.29) is 17.7 Å². The second kappa shape index (κ2) is 8.45. The monoisotopic (exact) mass is 403 g/mol. The number of amides is 1. The van der Waals surface area contributed by atoms with E-state index in [0.717, 1.165) is 27.6 Å². The first kappa shape index (κ1) is 19.1. The molecule has 146 valence electrons. The molecule has 0 bridgehead atoms. The molecule has 29 heavy (non-hydrogen) atoms. The molecule has 1 heterocycles. The molecule has 0 spiro atoms. The van der Waals surface area contributed by atoms with E-state index < -0.39 is 0 Å². The van der Waals surface area contributed by atoms with Crippen LogP contribution in [0.5, 0.6) is 0 Å². The fraction of sp³-hybridized carbons (Fsp3) is 0.182. The molecule has 6 nitrogen and oxygen atoms in total. The lowest BCUT2D eigenvalue weighted by Gasteiger charge is -2.16. The van der Waals surface area contributed by atoms with Crippen LogP contribution < -0.4 is 5.32 Å². The summed E-state index contributed by atoms with van der Waals surface area (Å²) in [4.78, 5) is 12.5. The van der Waals surface area contributed by atoms with Crippen molar-refractivity contribution in [2.45, 2.75) is 25.0 Å². The van der Waals surface area contributed by atoms with Crippen molar-refractivity contribution in [2.75, 3.05) is 5.75 Å². The molecular formula is C22H21N5OS. The Labute approximate surface area is 173 Å². The fourth-order valence-corrected chi connectivity index (χ4v) is 3.94. The van der Waals surface area contributed by atoms with E-state index in [1.54, 1.807) is 4.68 Å². The molecule has 7 heteroatoms. The molecule has 0 saturated heterocycles. The Kier molecular flexibility index (Phi) is 5.57. The van der Waals surface area contributed by atoms with Crippen LogP contribution in [-0.4, -0.2) is 31.9 Å². The Morgan fingerprint density at radius 1 is 1.07 bits per heavy atom. The van der Waals surface area contributed by atoms with Gasteiger partial charge in [0.1, 0.15) is 0 Å². The third kappa shape index (κ3) is 4.30. The third-order valence-electron chi connectivity index (χ3n) is 4.72. The number of aryl methyl sites for hydroxylation is 1. The lowest BCUT2D eigenvalue weighted by molar-refractivity contribution is -0.119. The van der Waals surface area contributed by atoms with E-state index in [9.17, 15) is 4.79 Å². The van der Waals surface area contributed by atoms with Gasteiger partial charge >= 0.3 is 0 Å². The minimum absolute atomic E-state index is 0.0612. The molecule has 0 aliphatic rings. The van der Waals surface area contributed by atoms with E-state index >= 15 is 0 Å². The van der Waals surface area contributed by atoms with Gasteiger partial charge in [-0.2, -0.15) is 4.68 Å². The van der Waals surface area contributed by atoms with Crippen LogP contribution in [0.1, 0.15) is 24.1 Å². The quantitative estimate of drug-likeness (QED) is 0.491. The van der Waals surface area contributed by atoms with Crippen LogP contribution >= 0.6 is 11.8 Å². The molecule has 1 atom stereocenters. The summed E-state index contributed by atoms with van der Waals surface area (Å²) in [5, 5.41) is 17.8. The number of aromatic nitrogens is 4. The van der Waals surface area contributed by atoms with Crippen molar-refractivity contribution in [3.63, 3.8) is 0 Å². The van der Waals surface area contributed by atoms with Gasteiger partial charge in [-0.25, -0.2) is 0 Å². The summed E-state index contributed by atoms with van der Waals surface area (Å²) in [6.45, 7) is 4.03. The number of rotatable bonds is 6. The third-order valence-corrected chi connectivity index (χ3v) is 5.64. The molecule has 1 amide bonds. The maximum atomic E-state index is 12.5. The van der Waals surface area contributed by atoms with Crippen LogP contribution in [-0.2, 0) is 4.79 Å². The minimum atomic E-state index is -0.0951. The molecule has 1 unspecified atom stereocenters. The molecule has 1 N–H and O–H groups in total. The highest BCUT2D eigenvalue weighted by atomic mass is 32.2. The zero-order valence-corrected chi connectivity index (χ0v) is 17.1. The van der Waals surface area contributed by atoms with Gasteiger partial charge in [0.15, 0.2) is 0 Å². The zero-order chi connectivity index (χ0) is 20.2. The molecule has 4 rings (SSSR count). The second-order valence-corrected chi connectivity index (χ2v) is 7.80. The average Bonchev–Trinajstić information content (AvgIpc) is 3.21. The van der Waals surface area contributed by atoms with Crippen LogP contribution in [0.15, 0.2) is 71.9 Å². The molecular weight excluding hydrogens is 382 g/mol. The van der Waals surface area contributed by atoms with Crippen molar-refractivity contribution in [3.05, 3.63) is 77.9 Å². The number of fused-ring (bicyclic) bond motifs is 1. The van der Waals surface area contributed by atoms with Gasteiger partial charge in [0.05, 0.1) is 17.5 Å². The van der Waals surface area contributed by atoms with Crippen LogP contribution in [0.3, 0.4) is 0 Å². The predicted octanol–water partition coefficient (Wildman–Crippen LogP) is 4.09. The predicted molar refractivity (Wildman–Crippen MR) is 115 cm³/mol. The van der Waals surface area contributed by atoms with Crippen LogP contribution in [0.2, 0.25) is 0 Å². The summed E-state index contributed by atoms with van der Waals surface area (Å²) in [7, 11) is 0. The summed E-state index contributed by atoms with van der Waals surface area (Å²) in [5.41, 5.74) is 3.14. The first-order chi connectivity index (χ1) is 14.1. The van der Waals surface area contributed by atoms with E-state index in [0.29, 0.717) is 5.16 Å². The van der Waals surface area contributed by atoms with Gasteiger partial charge in [0.2, 0.25) is 11.1 Å². The Hall–Kier alpha value is -3.19. The zero-order valence-electron chi connectivity index (χ0n) is 16.2. The largest absolute Gasteiger partial charge is 0.349 e. The number of thioether (sulfide) groups is 1. The smallest absolute Gasteiger partial charge is 0.230 e. The lowest BCUT2D eigenvalue weighted by Crippen LogP contribution is -2.28. The van der Waals surface area contributed by atoms with E-state index in [4.69, 9.17) is 0 Å². The normalized spacial score (nSPS) is 12.1. The second-order valence-electron chi connectivity index (χ2n) is 6.86. The molecule has 1 aromatic heterocycles. The Balaban J connectivity index is 1.42. The maximum absolute atomic E-state index is 12.5. The first-order valence-electron chi connectivity index (χ1n) is 9.37. The Morgan fingerprint density at radius 2 is 1.83 bits per heavy atom. The molecule has 3 aromatic carbocycles. The number of benzene rings is 3. The van der Waals surface area contributed by atoms with Crippen molar-refractivity contribution >= 4 is 28.4 Å². The Morgan fingerprint density at radius 3 is 2.66 bits per heavy atom. The number of carbonyl (C=O) groups excluding carboxylic acids is 1. The number of hydrogen-bond acceptors (Lipinski definition) is 5. The van der Waals surface area contributed by atoms with Crippen LogP contribution in [0, 0.1) is 6.92 Å². The lowest BCUT2D eigenvalue weighted by atomic mass is 10.00. The maximum Gasteiger partial charge on any atom is 0.230 e. The van der Waals surface area contributed by atoms with Gasteiger partial charge in [0, 0.05) is 0 Å². The summed E-state index contributed by atoms with van der Waals surface area (Å²) in [6.07, 6.45) is 0. The van der Waals surface area contributed by atoms with E-state index in [1.165, 1.54) is 11.8 Å². The molecule has 0 saturated carbocycles. The number of hydrogen-bond donors (Lipinski definition) is 1. The summed E-state index contributed by atoms with van der Waals surface area (Å²) >= 11 is 1.32. The number of carbonyl (C=O) groups is 1. The molecule has 0 radical (unpaired) electrons. The number of nitrogens with one attached hydrogen (secondary N) is 1. The van der Waals surface area contributed by atoms with Crippen LogP contribution in [0.25, 0.3) is 16.5 Å². The molecule has 0 aliphatic carbocycles. The highest BCUT2D eigenvalue weighted by molar-refractivity contribution is 7.99. The van der Waals surface area contributed by atoms with Gasteiger partial charge in [-0.3, -0.25) is 4.79 Å². The van der Waals surface area contributed by atoms with Gasteiger partial charge < -0.3 is 5.32 Å². The van der Waals surface area contributed by atoms with Crippen LogP contribution in [0.4, 0.5) is 0 Å². The van der Waals surface area contributed by atoms with Crippen molar-refractivity contribution < 1.29 is 4.79 Å². The SMILES string of the molecule is Cc1ccc(-n2nnnc2SCC(=O)NC(C)c2cccc3ccccc23)cc1. The van der Waals surface area contributed by atoms with Gasteiger partial charge in [-0.15, -0.1) is 5.10 Å². The van der Waals surface area contributed by atoms with Gasteiger partial charge in [-0.05, 0) is 52.7 Å². The first-order valence-corrected chi connectivity index (χ1v) is 10.4. The number of nitrogens with zero attached hydrogens (tertiary/aromatic N) is 4. The highest BCUT2D eigenvalue weighted by Crippen LogP contribution is 2.24. The minimum Gasteiger partial charge on any atom is -0.349 e. The topological polar surface area (TPSA) is 72.7 Å². The fourth-order valence-electron chi connectivity index (χ4n) is 3.24. The Bertz CT molecular complexity index is 1130.